The molecule has 0 saturated carbocycles. The molecule has 0 spiro atoms. The van der Waals surface area contributed by atoms with Crippen molar-refractivity contribution in [3.05, 3.63) is 56.4 Å². The Morgan fingerprint density at radius 2 is 2.05 bits per heavy atom. The second kappa shape index (κ2) is 5.79. The third-order valence-corrected chi connectivity index (χ3v) is 2.99. The monoisotopic (exact) mass is 320 g/mol. The van der Waals surface area contributed by atoms with E-state index in [1.807, 2.05) is 31.2 Å². The normalized spacial score (nSPS) is 11.4. The van der Waals surface area contributed by atoms with Crippen molar-refractivity contribution in [1.82, 2.24) is 9.97 Å². The zero-order valence-electron chi connectivity index (χ0n) is 10.6. The summed E-state index contributed by atoms with van der Waals surface area (Å²) < 4.78 is 1.02. The standard InChI is InChI=1S/C13H13BrN4O/c1-8-7-12(19)16-13(15-8)18-17-9(2)10-3-5-11(14)6-4-10/h3-7H,1-2H3,(H2,15,16,18,19)/b17-9+. The maximum atomic E-state index is 11.3. The number of aromatic nitrogens is 2. The van der Waals surface area contributed by atoms with Gasteiger partial charge in [0, 0.05) is 16.2 Å². The summed E-state index contributed by atoms with van der Waals surface area (Å²) in [6.07, 6.45) is 0. The second-order valence-corrected chi connectivity index (χ2v) is 4.97. The van der Waals surface area contributed by atoms with Crippen molar-refractivity contribution in [3.8, 4) is 0 Å². The van der Waals surface area contributed by atoms with Crippen LogP contribution in [0.3, 0.4) is 0 Å². The number of H-pyrrole nitrogens is 1. The summed E-state index contributed by atoms with van der Waals surface area (Å²) >= 11 is 3.38. The van der Waals surface area contributed by atoms with Crippen LogP contribution in [0.25, 0.3) is 0 Å². The van der Waals surface area contributed by atoms with Gasteiger partial charge in [0.2, 0.25) is 5.95 Å². The number of aromatic amines is 1. The number of aryl methyl sites for hydroxylation is 1. The number of hydrogen-bond acceptors (Lipinski definition) is 4. The molecule has 98 valence electrons. The Hall–Kier alpha value is -1.95. The van der Waals surface area contributed by atoms with Crippen molar-refractivity contribution in [1.29, 1.82) is 0 Å². The van der Waals surface area contributed by atoms with Gasteiger partial charge in [0.25, 0.3) is 5.56 Å². The van der Waals surface area contributed by atoms with E-state index in [4.69, 9.17) is 0 Å². The fraction of sp³-hybridized carbons (Fsp3) is 0.154. The van der Waals surface area contributed by atoms with Gasteiger partial charge in [-0.2, -0.15) is 5.10 Å². The smallest absolute Gasteiger partial charge is 0.252 e. The van der Waals surface area contributed by atoms with E-state index in [1.54, 1.807) is 6.92 Å². The van der Waals surface area contributed by atoms with Crippen molar-refractivity contribution >= 4 is 27.6 Å². The maximum absolute atomic E-state index is 11.3. The van der Waals surface area contributed by atoms with Crippen LogP contribution in [-0.2, 0) is 0 Å². The predicted molar refractivity (Wildman–Crippen MR) is 79.6 cm³/mol. The van der Waals surface area contributed by atoms with Crippen LogP contribution >= 0.6 is 15.9 Å². The molecule has 0 radical (unpaired) electrons. The van der Waals surface area contributed by atoms with Gasteiger partial charge in [-0.25, -0.2) is 10.4 Å². The molecule has 2 N–H and O–H groups in total. The highest BCUT2D eigenvalue weighted by atomic mass is 79.9. The van der Waals surface area contributed by atoms with Gasteiger partial charge in [-0.15, -0.1) is 0 Å². The van der Waals surface area contributed by atoms with Gasteiger partial charge in [0.1, 0.15) is 0 Å². The topological polar surface area (TPSA) is 70.1 Å². The first-order chi connectivity index (χ1) is 9.04. The van der Waals surface area contributed by atoms with Crippen LogP contribution in [0.5, 0.6) is 0 Å². The summed E-state index contributed by atoms with van der Waals surface area (Å²) in [7, 11) is 0. The van der Waals surface area contributed by atoms with Crippen molar-refractivity contribution < 1.29 is 0 Å². The van der Waals surface area contributed by atoms with E-state index in [-0.39, 0.29) is 5.56 Å². The van der Waals surface area contributed by atoms with Crippen LogP contribution in [-0.4, -0.2) is 15.7 Å². The van der Waals surface area contributed by atoms with Crippen LogP contribution in [0.1, 0.15) is 18.2 Å². The molecule has 0 aliphatic rings. The quantitative estimate of drug-likeness (QED) is 0.674. The molecule has 6 heteroatoms. The minimum absolute atomic E-state index is 0.202. The molecule has 0 unspecified atom stereocenters. The highest BCUT2D eigenvalue weighted by molar-refractivity contribution is 9.10. The van der Waals surface area contributed by atoms with E-state index in [9.17, 15) is 4.79 Å². The number of nitrogens with one attached hydrogen (secondary N) is 2. The number of anilines is 1. The van der Waals surface area contributed by atoms with Crippen LogP contribution in [0.2, 0.25) is 0 Å². The van der Waals surface area contributed by atoms with Crippen molar-refractivity contribution in [2.45, 2.75) is 13.8 Å². The first-order valence-corrected chi connectivity index (χ1v) is 6.48. The highest BCUT2D eigenvalue weighted by Crippen LogP contribution is 2.11. The average molecular weight is 321 g/mol. The molecule has 5 nitrogen and oxygen atoms in total. The van der Waals surface area contributed by atoms with E-state index in [0.29, 0.717) is 11.6 Å². The first-order valence-electron chi connectivity index (χ1n) is 5.69. The minimum atomic E-state index is -0.202. The van der Waals surface area contributed by atoms with E-state index < -0.39 is 0 Å². The molecule has 0 bridgehead atoms. The molecular weight excluding hydrogens is 308 g/mol. The van der Waals surface area contributed by atoms with E-state index in [0.717, 1.165) is 15.7 Å². The zero-order chi connectivity index (χ0) is 13.8. The molecule has 2 aromatic rings. The Kier molecular flexibility index (Phi) is 4.11. The fourth-order valence-electron chi connectivity index (χ4n) is 1.52. The third kappa shape index (κ3) is 3.75. The maximum Gasteiger partial charge on any atom is 0.252 e. The number of rotatable bonds is 3. The summed E-state index contributed by atoms with van der Waals surface area (Å²) in [5.74, 6) is 0.335. The summed E-state index contributed by atoms with van der Waals surface area (Å²) in [6.45, 7) is 3.63. The lowest BCUT2D eigenvalue weighted by molar-refractivity contribution is 1.04. The van der Waals surface area contributed by atoms with Crippen molar-refractivity contribution in [2.75, 3.05) is 5.43 Å². The Morgan fingerprint density at radius 1 is 1.37 bits per heavy atom. The highest BCUT2D eigenvalue weighted by Gasteiger charge is 1.99. The van der Waals surface area contributed by atoms with Gasteiger partial charge in [0.05, 0.1) is 5.71 Å². The molecule has 1 aromatic carbocycles. The Balaban J connectivity index is 2.17. The van der Waals surface area contributed by atoms with Gasteiger partial charge in [-0.3, -0.25) is 9.78 Å². The number of halogens is 1. The lowest BCUT2D eigenvalue weighted by atomic mass is 10.1. The van der Waals surface area contributed by atoms with Gasteiger partial charge in [-0.1, -0.05) is 28.1 Å². The zero-order valence-corrected chi connectivity index (χ0v) is 12.2. The molecule has 19 heavy (non-hydrogen) atoms. The van der Waals surface area contributed by atoms with E-state index in [2.05, 4.69) is 36.4 Å². The van der Waals surface area contributed by atoms with E-state index >= 15 is 0 Å². The molecule has 0 amide bonds. The Bertz CT molecular complexity index is 661. The summed E-state index contributed by atoms with van der Waals surface area (Å²) in [4.78, 5) is 18.0. The van der Waals surface area contributed by atoms with Crippen molar-refractivity contribution in [3.63, 3.8) is 0 Å². The molecular formula is C13H13BrN4O. The Morgan fingerprint density at radius 3 is 2.68 bits per heavy atom. The molecule has 0 fully saturated rings. The Labute approximate surface area is 118 Å². The molecule has 2 rings (SSSR count). The minimum Gasteiger partial charge on any atom is -0.291 e. The van der Waals surface area contributed by atoms with Crippen LogP contribution in [0.15, 0.2) is 44.7 Å². The van der Waals surface area contributed by atoms with Crippen LogP contribution < -0.4 is 11.0 Å². The van der Waals surface area contributed by atoms with Gasteiger partial charge >= 0.3 is 0 Å². The largest absolute Gasteiger partial charge is 0.291 e. The number of benzene rings is 1. The number of nitrogens with zero attached hydrogens (tertiary/aromatic N) is 2. The average Bonchev–Trinajstić information content (AvgIpc) is 2.36. The van der Waals surface area contributed by atoms with Gasteiger partial charge in [-0.05, 0) is 31.5 Å². The second-order valence-electron chi connectivity index (χ2n) is 4.05. The lowest BCUT2D eigenvalue weighted by Gasteiger charge is -2.03. The number of hydrazone groups is 1. The fourth-order valence-corrected chi connectivity index (χ4v) is 1.79. The summed E-state index contributed by atoms with van der Waals surface area (Å²) in [5.41, 5.74) is 4.98. The van der Waals surface area contributed by atoms with Crippen molar-refractivity contribution in [2.24, 2.45) is 5.10 Å². The van der Waals surface area contributed by atoms with Crippen LogP contribution in [0, 0.1) is 6.92 Å². The van der Waals surface area contributed by atoms with E-state index in [1.165, 1.54) is 6.07 Å². The molecule has 0 aliphatic heterocycles. The predicted octanol–water partition coefficient (Wildman–Crippen LogP) is 2.68. The van der Waals surface area contributed by atoms with Gasteiger partial charge in [0.15, 0.2) is 0 Å². The molecule has 0 saturated heterocycles. The molecule has 1 heterocycles. The number of hydrogen-bond donors (Lipinski definition) is 2. The SMILES string of the molecule is C/C(=N\Nc1nc(C)cc(=O)[nH]1)c1ccc(Br)cc1. The van der Waals surface area contributed by atoms with Gasteiger partial charge < -0.3 is 0 Å². The molecule has 0 aliphatic carbocycles. The summed E-state index contributed by atoms with van der Waals surface area (Å²) in [6, 6.07) is 9.23. The molecule has 1 aromatic heterocycles. The lowest BCUT2D eigenvalue weighted by Crippen LogP contribution is -2.11. The summed E-state index contributed by atoms with van der Waals surface area (Å²) in [5, 5.41) is 4.20. The third-order valence-electron chi connectivity index (χ3n) is 2.46. The molecule has 0 atom stereocenters. The van der Waals surface area contributed by atoms with Crippen LogP contribution in [0.4, 0.5) is 5.95 Å². The first kappa shape index (κ1) is 13.5.